The van der Waals surface area contributed by atoms with E-state index in [1.54, 1.807) is 31.1 Å². The van der Waals surface area contributed by atoms with E-state index in [1.165, 1.54) is 12.1 Å². The van der Waals surface area contributed by atoms with Gasteiger partial charge in [0.15, 0.2) is 0 Å². The lowest BCUT2D eigenvalue weighted by molar-refractivity contribution is -0.134. The third kappa shape index (κ3) is 5.53. The smallest absolute Gasteiger partial charge is 0.234 e. The molecule has 1 heterocycles. The van der Waals surface area contributed by atoms with Gasteiger partial charge < -0.3 is 10.2 Å². The molecule has 1 fully saturated rings. The van der Waals surface area contributed by atoms with Gasteiger partial charge in [-0.2, -0.15) is 0 Å². The molecular formula is C20H30FN3O2. The molecule has 0 radical (unpaired) electrons. The van der Waals surface area contributed by atoms with Gasteiger partial charge in [-0.15, -0.1) is 0 Å². The van der Waals surface area contributed by atoms with Gasteiger partial charge in [0.05, 0.1) is 12.6 Å². The first-order chi connectivity index (χ1) is 12.3. The van der Waals surface area contributed by atoms with Gasteiger partial charge in [-0.05, 0) is 49.5 Å². The number of carbonyl (C=O) groups excluding carboxylic acids is 2. The minimum atomic E-state index is -0.280. The topological polar surface area (TPSA) is 52.7 Å². The monoisotopic (exact) mass is 363 g/mol. The maximum atomic E-state index is 13.1. The van der Waals surface area contributed by atoms with Crippen molar-refractivity contribution in [2.75, 3.05) is 33.7 Å². The molecule has 1 N–H and O–H groups in total. The summed E-state index contributed by atoms with van der Waals surface area (Å²) in [6.45, 7) is 5.90. The highest BCUT2D eigenvalue weighted by molar-refractivity contribution is 5.79. The average molecular weight is 363 g/mol. The Morgan fingerprint density at radius 1 is 1.19 bits per heavy atom. The fourth-order valence-electron chi connectivity index (χ4n) is 3.43. The second-order valence-electron chi connectivity index (χ2n) is 7.62. The van der Waals surface area contributed by atoms with Crippen molar-refractivity contribution in [2.45, 2.75) is 32.7 Å². The molecule has 26 heavy (non-hydrogen) atoms. The van der Waals surface area contributed by atoms with Crippen LogP contribution < -0.4 is 5.32 Å². The Hall–Kier alpha value is -1.95. The highest BCUT2D eigenvalue weighted by Gasteiger charge is 2.27. The minimum absolute atomic E-state index is 0.0367. The first kappa shape index (κ1) is 20.4. The third-order valence-corrected chi connectivity index (χ3v) is 4.96. The van der Waals surface area contributed by atoms with Crippen LogP contribution in [0.1, 0.15) is 38.3 Å². The number of piperidine rings is 1. The highest BCUT2D eigenvalue weighted by atomic mass is 19.1. The molecule has 6 heteroatoms. The molecule has 1 aromatic carbocycles. The van der Waals surface area contributed by atoms with Gasteiger partial charge in [-0.1, -0.05) is 26.0 Å². The van der Waals surface area contributed by atoms with E-state index >= 15 is 0 Å². The molecular weight excluding hydrogens is 333 g/mol. The molecule has 0 spiro atoms. The molecule has 1 aliphatic heterocycles. The van der Waals surface area contributed by atoms with Gasteiger partial charge in [0.1, 0.15) is 5.82 Å². The molecule has 0 aromatic heterocycles. The summed E-state index contributed by atoms with van der Waals surface area (Å²) < 4.78 is 13.1. The summed E-state index contributed by atoms with van der Waals surface area (Å²) in [6.07, 6.45) is 1.58. The summed E-state index contributed by atoms with van der Waals surface area (Å²) in [4.78, 5) is 28.3. The molecule has 1 saturated heterocycles. The Morgan fingerprint density at radius 2 is 1.77 bits per heavy atom. The SMILES string of the molecule is CC(C)C(NC(=O)CN1CCC(C(=O)N(C)C)CC1)c1ccc(F)cc1. The van der Waals surface area contributed by atoms with Crippen molar-refractivity contribution >= 4 is 11.8 Å². The number of halogens is 1. The largest absolute Gasteiger partial charge is 0.349 e. The molecule has 2 rings (SSSR count). The Bertz CT molecular complexity index is 608. The molecule has 1 unspecified atom stereocenters. The van der Waals surface area contributed by atoms with Crippen LogP contribution in [0.2, 0.25) is 0 Å². The fraction of sp³-hybridized carbons (Fsp3) is 0.600. The number of nitrogens with zero attached hydrogens (tertiary/aromatic N) is 2. The van der Waals surface area contributed by atoms with Crippen LogP contribution in [0.25, 0.3) is 0 Å². The zero-order valence-electron chi connectivity index (χ0n) is 16.2. The number of hydrogen-bond donors (Lipinski definition) is 1. The normalized spacial score (nSPS) is 17.2. The summed E-state index contributed by atoms with van der Waals surface area (Å²) in [7, 11) is 3.56. The fourth-order valence-corrected chi connectivity index (χ4v) is 3.43. The first-order valence-electron chi connectivity index (χ1n) is 9.26. The number of hydrogen-bond acceptors (Lipinski definition) is 3. The van der Waals surface area contributed by atoms with Crippen LogP contribution in [0.15, 0.2) is 24.3 Å². The number of carbonyl (C=O) groups is 2. The van der Waals surface area contributed by atoms with Crippen molar-refractivity contribution in [1.29, 1.82) is 0 Å². The molecule has 144 valence electrons. The van der Waals surface area contributed by atoms with E-state index in [4.69, 9.17) is 0 Å². The quantitative estimate of drug-likeness (QED) is 0.845. The second-order valence-corrected chi connectivity index (χ2v) is 7.62. The Balaban J connectivity index is 1.87. The molecule has 0 aliphatic carbocycles. The van der Waals surface area contributed by atoms with E-state index in [1.807, 2.05) is 13.8 Å². The van der Waals surface area contributed by atoms with Gasteiger partial charge >= 0.3 is 0 Å². The molecule has 0 bridgehead atoms. The Kier molecular flexibility index (Phi) is 7.14. The van der Waals surface area contributed by atoms with Crippen molar-refractivity contribution in [3.63, 3.8) is 0 Å². The molecule has 2 amide bonds. The van der Waals surface area contributed by atoms with Gasteiger partial charge in [0.25, 0.3) is 0 Å². The van der Waals surface area contributed by atoms with E-state index in [0.29, 0.717) is 6.54 Å². The summed E-state index contributed by atoms with van der Waals surface area (Å²) in [5.41, 5.74) is 0.907. The number of amides is 2. The van der Waals surface area contributed by atoms with Gasteiger partial charge in [0.2, 0.25) is 11.8 Å². The van der Waals surface area contributed by atoms with Crippen LogP contribution in [0.3, 0.4) is 0 Å². The summed E-state index contributed by atoms with van der Waals surface area (Å²) in [6, 6.07) is 6.14. The van der Waals surface area contributed by atoms with Crippen LogP contribution in [0.5, 0.6) is 0 Å². The van der Waals surface area contributed by atoms with Crippen LogP contribution in [-0.2, 0) is 9.59 Å². The van der Waals surface area contributed by atoms with Crippen molar-refractivity contribution in [3.05, 3.63) is 35.6 Å². The number of benzene rings is 1. The lowest BCUT2D eigenvalue weighted by Gasteiger charge is -2.32. The maximum absolute atomic E-state index is 13.1. The zero-order chi connectivity index (χ0) is 19.3. The van der Waals surface area contributed by atoms with Crippen LogP contribution in [0.4, 0.5) is 4.39 Å². The number of likely N-dealkylation sites (tertiary alicyclic amines) is 1. The van der Waals surface area contributed by atoms with Crippen LogP contribution in [-0.4, -0.2) is 55.3 Å². The molecule has 1 atom stereocenters. The Labute approximate surface area is 155 Å². The first-order valence-corrected chi connectivity index (χ1v) is 9.26. The molecule has 5 nitrogen and oxygen atoms in total. The standard InChI is InChI=1S/C20H30FN3O2/c1-14(2)19(15-5-7-17(21)8-6-15)22-18(25)13-24-11-9-16(10-12-24)20(26)23(3)4/h5-8,14,16,19H,9-13H2,1-4H3,(H,22,25). The van der Waals surface area contributed by atoms with Crippen molar-refractivity contribution in [3.8, 4) is 0 Å². The van der Waals surface area contributed by atoms with Gasteiger partial charge in [0, 0.05) is 20.0 Å². The lowest BCUT2D eigenvalue weighted by Crippen LogP contribution is -2.45. The highest BCUT2D eigenvalue weighted by Crippen LogP contribution is 2.22. The average Bonchev–Trinajstić information content (AvgIpc) is 2.60. The van der Waals surface area contributed by atoms with Gasteiger partial charge in [-0.3, -0.25) is 14.5 Å². The number of rotatable bonds is 6. The van der Waals surface area contributed by atoms with Crippen molar-refractivity contribution in [1.82, 2.24) is 15.1 Å². The van der Waals surface area contributed by atoms with E-state index in [0.717, 1.165) is 31.5 Å². The lowest BCUT2D eigenvalue weighted by atomic mass is 9.95. The summed E-state index contributed by atoms with van der Waals surface area (Å²) in [5, 5.41) is 3.07. The van der Waals surface area contributed by atoms with E-state index < -0.39 is 0 Å². The predicted molar refractivity (Wildman–Crippen MR) is 100.0 cm³/mol. The summed E-state index contributed by atoms with van der Waals surface area (Å²) >= 11 is 0. The van der Waals surface area contributed by atoms with Crippen LogP contribution in [0, 0.1) is 17.7 Å². The molecule has 1 aromatic rings. The predicted octanol–water partition coefficient (Wildman–Crippen LogP) is 2.44. The van der Waals surface area contributed by atoms with E-state index in [-0.39, 0.29) is 35.5 Å². The second kappa shape index (κ2) is 9.12. The van der Waals surface area contributed by atoms with Crippen molar-refractivity contribution in [2.24, 2.45) is 11.8 Å². The molecule has 1 aliphatic rings. The molecule has 0 saturated carbocycles. The Morgan fingerprint density at radius 3 is 2.27 bits per heavy atom. The van der Waals surface area contributed by atoms with E-state index in [9.17, 15) is 14.0 Å². The van der Waals surface area contributed by atoms with E-state index in [2.05, 4.69) is 10.2 Å². The third-order valence-electron chi connectivity index (χ3n) is 4.96. The zero-order valence-corrected chi connectivity index (χ0v) is 16.2. The van der Waals surface area contributed by atoms with Crippen LogP contribution >= 0.6 is 0 Å². The summed E-state index contributed by atoms with van der Waals surface area (Å²) in [5.74, 6) is 0.119. The number of nitrogens with one attached hydrogen (secondary N) is 1. The minimum Gasteiger partial charge on any atom is -0.349 e. The maximum Gasteiger partial charge on any atom is 0.234 e. The van der Waals surface area contributed by atoms with Crippen molar-refractivity contribution < 1.29 is 14.0 Å². The van der Waals surface area contributed by atoms with Gasteiger partial charge in [-0.25, -0.2) is 4.39 Å².